The number of hydrogen-bond donors (Lipinski definition) is 2. The summed E-state index contributed by atoms with van der Waals surface area (Å²) in [6.07, 6.45) is 3.29. The van der Waals surface area contributed by atoms with Gasteiger partial charge in [-0.15, -0.1) is 4.68 Å². The molecule has 0 saturated heterocycles. The first-order chi connectivity index (χ1) is 11.2. The maximum Gasteiger partial charge on any atom is 0.349 e. The molecule has 6 nitrogen and oxygen atoms in total. The van der Waals surface area contributed by atoms with Crippen molar-refractivity contribution in [1.29, 1.82) is 0 Å². The van der Waals surface area contributed by atoms with Crippen LogP contribution in [-0.2, 0) is 0 Å². The van der Waals surface area contributed by atoms with Crippen molar-refractivity contribution in [3.05, 3.63) is 81.1 Å². The third-order valence-corrected chi connectivity index (χ3v) is 3.72. The molecule has 0 saturated carbocycles. The van der Waals surface area contributed by atoms with Gasteiger partial charge in [-0.1, -0.05) is 30.3 Å². The molecule has 0 atom stereocenters. The lowest BCUT2D eigenvalue weighted by Gasteiger charge is -2.00. The highest BCUT2D eigenvalue weighted by atomic mass is 16.2. The fraction of sp³-hybridized carbons (Fsp3) is 0. The molecule has 6 heteroatoms. The highest BCUT2D eigenvalue weighted by Crippen LogP contribution is 2.15. The Morgan fingerprint density at radius 2 is 1.61 bits per heavy atom. The molecule has 0 unspecified atom stereocenters. The van der Waals surface area contributed by atoms with E-state index in [-0.39, 0.29) is 0 Å². The Morgan fingerprint density at radius 3 is 2.43 bits per heavy atom. The van der Waals surface area contributed by atoms with E-state index >= 15 is 0 Å². The summed E-state index contributed by atoms with van der Waals surface area (Å²) in [6, 6.07) is 14.6. The normalized spacial score (nSPS) is 11.7. The number of nitrogens with zero attached hydrogens (tertiary/aromatic N) is 2. The molecule has 2 aromatic carbocycles. The zero-order valence-electron chi connectivity index (χ0n) is 12.0. The number of aromatic amines is 2. The predicted octanol–water partition coefficient (Wildman–Crippen LogP) is 2.05. The van der Waals surface area contributed by atoms with Crippen LogP contribution in [0.2, 0.25) is 0 Å². The summed E-state index contributed by atoms with van der Waals surface area (Å²) in [5.74, 6) is 0. The van der Waals surface area contributed by atoms with Crippen molar-refractivity contribution in [3.8, 4) is 0 Å². The molecule has 0 aliphatic carbocycles. The quantitative estimate of drug-likeness (QED) is 0.556. The second-order valence-electron chi connectivity index (χ2n) is 5.13. The van der Waals surface area contributed by atoms with E-state index in [9.17, 15) is 9.59 Å². The largest absolute Gasteiger partial charge is 0.361 e. The molecule has 2 heterocycles. The van der Waals surface area contributed by atoms with Gasteiger partial charge in [0.2, 0.25) is 0 Å². The van der Waals surface area contributed by atoms with Gasteiger partial charge in [-0.25, -0.2) is 4.79 Å². The molecular formula is C17H12N4O2. The molecule has 0 bridgehead atoms. The molecule has 112 valence electrons. The minimum atomic E-state index is -0.565. The molecular weight excluding hydrogens is 292 g/mol. The van der Waals surface area contributed by atoms with Crippen LogP contribution in [0.15, 0.2) is 69.4 Å². The second kappa shape index (κ2) is 5.10. The molecule has 0 spiro atoms. The van der Waals surface area contributed by atoms with Crippen molar-refractivity contribution in [2.45, 2.75) is 0 Å². The minimum absolute atomic E-state index is 0.420. The van der Waals surface area contributed by atoms with Crippen molar-refractivity contribution in [2.24, 2.45) is 5.10 Å². The first-order valence-electron chi connectivity index (χ1n) is 7.08. The summed E-state index contributed by atoms with van der Waals surface area (Å²) in [5.41, 5.74) is 1.26. The molecule has 4 rings (SSSR count). The topological polar surface area (TPSA) is 83.0 Å². The SMILES string of the molecule is O=c1[nH]c2ccccc2c(=O)n1N=Cc1c[nH]c2ccccc12. The molecule has 0 aliphatic heterocycles. The Hall–Kier alpha value is -3.41. The molecule has 23 heavy (non-hydrogen) atoms. The van der Waals surface area contributed by atoms with E-state index < -0.39 is 11.2 Å². The van der Waals surface area contributed by atoms with Crippen molar-refractivity contribution >= 4 is 28.0 Å². The van der Waals surface area contributed by atoms with Gasteiger partial charge in [-0.05, 0) is 18.2 Å². The number of fused-ring (bicyclic) bond motifs is 2. The summed E-state index contributed by atoms with van der Waals surface area (Å²) < 4.78 is 0.837. The molecule has 0 radical (unpaired) electrons. The van der Waals surface area contributed by atoms with Gasteiger partial charge in [-0.3, -0.25) is 4.79 Å². The standard InChI is InChI=1S/C17H12N4O2/c22-16-13-6-2-4-8-15(13)20-17(23)21(16)19-10-11-9-18-14-7-3-1-5-12(11)14/h1-10,18H,(H,20,23). The van der Waals surface area contributed by atoms with Crippen LogP contribution in [-0.4, -0.2) is 20.9 Å². The Balaban J connectivity index is 1.87. The predicted molar refractivity (Wildman–Crippen MR) is 90.1 cm³/mol. The zero-order chi connectivity index (χ0) is 15.8. The van der Waals surface area contributed by atoms with E-state index in [4.69, 9.17) is 0 Å². The van der Waals surface area contributed by atoms with Crippen LogP contribution in [0.5, 0.6) is 0 Å². The van der Waals surface area contributed by atoms with Gasteiger partial charge in [0.25, 0.3) is 5.56 Å². The number of H-pyrrole nitrogens is 2. The Morgan fingerprint density at radius 1 is 0.913 bits per heavy atom. The summed E-state index contributed by atoms with van der Waals surface area (Å²) in [7, 11) is 0. The van der Waals surface area contributed by atoms with Crippen LogP contribution in [0.25, 0.3) is 21.8 Å². The smallest absolute Gasteiger partial charge is 0.349 e. The van der Waals surface area contributed by atoms with Gasteiger partial charge in [0.1, 0.15) is 0 Å². The van der Waals surface area contributed by atoms with E-state index in [1.807, 2.05) is 24.3 Å². The number of nitrogens with one attached hydrogen (secondary N) is 2. The Bertz CT molecular complexity index is 1160. The van der Waals surface area contributed by atoms with Crippen LogP contribution in [0.3, 0.4) is 0 Å². The van der Waals surface area contributed by atoms with Gasteiger partial charge < -0.3 is 9.97 Å². The van der Waals surface area contributed by atoms with Gasteiger partial charge in [0.05, 0.1) is 17.1 Å². The summed E-state index contributed by atoms with van der Waals surface area (Å²) in [5, 5.41) is 5.46. The lowest BCUT2D eigenvalue weighted by atomic mass is 10.2. The monoisotopic (exact) mass is 304 g/mol. The third-order valence-electron chi connectivity index (χ3n) is 3.72. The Labute approximate surface area is 129 Å². The lowest BCUT2D eigenvalue weighted by Crippen LogP contribution is -2.32. The fourth-order valence-electron chi connectivity index (χ4n) is 2.58. The minimum Gasteiger partial charge on any atom is -0.361 e. The number of hydrogen-bond acceptors (Lipinski definition) is 3. The molecule has 0 aliphatic rings. The average Bonchev–Trinajstić information content (AvgIpc) is 2.98. The van der Waals surface area contributed by atoms with E-state index in [1.165, 1.54) is 6.21 Å². The first kappa shape index (κ1) is 13.3. The molecule has 0 fully saturated rings. The van der Waals surface area contributed by atoms with Gasteiger partial charge in [0.15, 0.2) is 0 Å². The second-order valence-corrected chi connectivity index (χ2v) is 5.13. The lowest BCUT2D eigenvalue weighted by molar-refractivity contribution is 0.771. The van der Waals surface area contributed by atoms with E-state index in [0.29, 0.717) is 10.9 Å². The van der Waals surface area contributed by atoms with Crippen LogP contribution < -0.4 is 11.2 Å². The van der Waals surface area contributed by atoms with Crippen molar-refractivity contribution in [2.75, 3.05) is 0 Å². The highest BCUT2D eigenvalue weighted by Gasteiger charge is 2.06. The maximum absolute atomic E-state index is 12.4. The maximum atomic E-state index is 12.4. The fourth-order valence-corrected chi connectivity index (χ4v) is 2.58. The first-order valence-corrected chi connectivity index (χ1v) is 7.08. The van der Waals surface area contributed by atoms with Crippen molar-refractivity contribution < 1.29 is 0 Å². The summed E-state index contributed by atoms with van der Waals surface area (Å²) >= 11 is 0. The number of aromatic nitrogens is 3. The van der Waals surface area contributed by atoms with Crippen LogP contribution in [0.1, 0.15) is 5.56 Å². The zero-order valence-corrected chi connectivity index (χ0v) is 12.0. The molecule has 2 N–H and O–H groups in total. The average molecular weight is 304 g/mol. The molecule has 4 aromatic rings. The van der Waals surface area contributed by atoms with Gasteiger partial charge >= 0.3 is 5.69 Å². The van der Waals surface area contributed by atoms with E-state index in [0.717, 1.165) is 21.1 Å². The summed E-state index contributed by atoms with van der Waals surface area (Å²) in [6.45, 7) is 0. The Kier molecular flexibility index (Phi) is 2.94. The van der Waals surface area contributed by atoms with Gasteiger partial charge in [0, 0.05) is 22.7 Å². The number of rotatable bonds is 2. The van der Waals surface area contributed by atoms with Crippen molar-refractivity contribution in [3.63, 3.8) is 0 Å². The van der Waals surface area contributed by atoms with Crippen LogP contribution in [0.4, 0.5) is 0 Å². The third kappa shape index (κ3) is 2.17. The summed E-state index contributed by atoms with van der Waals surface area (Å²) in [4.78, 5) is 30.2. The number of benzene rings is 2. The molecule has 2 aromatic heterocycles. The van der Waals surface area contributed by atoms with Gasteiger partial charge in [-0.2, -0.15) is 5.10 Å². The molecule has 0 amide bonds. The van der Waals surface area contributed by atoms with Crippen molar-refractivity contribution in [1.82, 2.24) is 14.6 Å². The highest BCUT2D eigenvalue weighted by molar-refractivity contribution is 5.98. The van der Waals surface area contributed by atoms with E-state index in [1.54, 1.807) is 30.5 Å². The van der Waals surface area contributed by atoms with Crippen LogP contribution >= 0.6 is 0 Å². The van der Waals surface area contributed by atoms with Crippen LogP contribution in [0, 0.1) is 0 Å². The number of para-hydroxylation sites is 2. The van der Waals surface area contributed by atoms with E-state index in [2.05, 4.69) is 15.1 Å².